The van der Waals surface area contributed by atoms with E-state index in [1.807, 2.05) is 4.68 Å². The summed E-state index contributed by atoms with van der Waals surface area (Å²) in [7, 11) is 1.79. The highest BCUT2D eigenvalue weighted by Crippen LogP contribution is 2.38. The SMILES string of the molecule is CCCNC(c1c(Cl)cnn1CCC)C(CC)(CC)OC. The van der Waals surface area contributed by atoms with Gasteiger partial charge in [-0.3, -0.25) is 4.68 Å². The number of halogens is 1. The highest BCUT2D eigenvalue weighted by molar-refractivity contribution is 6.31. The number of aromatic nitrogens is 2. The van der Waals surface area contributed by atoms with Gasteiger partial charge in [0, 0.05) is 13.7 Å². The molecule has 0 radical (unpaired) electrons. The Balaban J connectivity index is 3.27. The highest BCUT2D eigenvalue weighted by atomic mass is 35.5. The zero-order chi connectivity index (χ0) is 15.9. The molecule has 0 bridgehead atoms. The van der Waals surface area contributed by atoms with Crippen molar-refractivity contribution >= 4 is 11.6 Å². The molecule has 1 unspecified atom stereocenters. The van der Waals surface area contributed by atoms with Gasteiger partial charge in [-0.1, -0.05) is 39.3 Å². The second kappa shape index (κ2) is 8.76. The van der Waals surface area contributed by atoms with Gasteiger partial charge in [0.05, 0.1) is 28.6 Å². The molecule has 4 nitrogen and oxygen atoms in total. The molecule has 122 valence electrons. The van der Waals surface area contributed by atoms with Gasteiger partial charge in [-0.2, -0.15) is 5.10 Å². The minimum absolute atomic E-state index is 0.0546. The zero-order valence-corrected chi connectivity index (χ0v) is 14.8. The Hall–Kier alpha value is -0.580. The van der Waals surface area contributed by atoms with Crippen molar-refractivity contribution < 1.29 is 4.74 Å². The molecule has 0 saturated carbocycles. The molecule has 1 rings (SSSR count). The fourth-order valence-corrected chi connectivity index (χ4v) is 3.18. The van der Waals surface area contributed by atoms with Crippen LogP contribution in [0.4, 0.5) is 0 Å². The summed E-state index contributed by atoms with van der Waals surface area (Å²) in [5.41, 5.74) is 0.794. The number of methoxy groups -OCH3 is 1. The van der Waals surface area contributed by atoms with Crippen molar-refractivity contribution in [1.82, 2.24) is 15.1 Å². The van der Waals surface area contributed by atoms with E-state index < -0.39 is 0 Å². The van der Waals surface area contributed by atoms with E-state index in [-0.39, 0.29) is 11.6 Å². The number of aryl methyl sites for hydroxylation is 1. The fraction of sp³-hybridized carbons (Fsp3) is 0.812. The van der Waals surface area contributed by atoms with Crippen molar-refractivity contribution in [3.05, 3.63) is 16.9 Å². The average Bonchev–Trinajstić information content (AvgIpc) is 2.85. The smallest absolute Gasteiger partial charge is 0.0883 e. The topological polar surface area (TPSA) is 39.1 Å². The minimum Gasteiger partial charge on any atom is -0.376 e. The summed E-state index contributed by atoms with van der Waals surface area (Å²) in [6.07, 6.45) is 5.70. The van der Waals surface area contributed by atoms with E-state index in [0.717, 1.165) is 49.5 Å². The lowest BCUT2D eigenvalue weighted by atomic mass is 9.85. The molecule has 0 spiro atoms. The predicted octanol–water partition coefficient (Wildman–Crippen LogP) is 4.19. The number of hydrogen-bond donors (Lipinski definition) is 1. The van der Waals surface area contributed by atoms with Crippen LogP contribution in [-0.2, 0) is 11.3 Å². The van der Waals surface area contributed by atoms with E-state index >= 15 is 0 Å². The zero-order valence-electron chi connectivity index (χ0n) is 14.1. The van der Waals surface area contributed by atoms with Gasteiger partial charge in [0.15, 0.2) is 0 Å². The molecule has 0 fully saturated rings. The van der Waals surface area contributed by atoms with Crippen LogP contribution in [0, 0.1) is 0 Å². The van der Waals surface area contributed by atoms with Gasteiger partial charge in [0.2, 0.25) is 0 Å². The molecule has 0 aliphatic rings. The molecule has 0 aliphatic carbocycles. The Morgan fingerprint density at radius 2 is 1.95 bits per heavy atom. The largest absolute Gasteiger partial charge is 0.376 e. The summed E-state index contributed by atoms with van der Waals surface area (Å²) >= 11 is 6.45. The van der Waals surface area contributed by atoms with Gasteiger partial charge < -0.3 is 10.1 Å². The van der Waals surface area contributed by atoms with Crippen LogP contribution in [0.15, 0.2) is 6.20 Å². The third-order valence-electron chi connectivity index (χ3n) is 4.27. The Labute approximate surface area is 134 Å². The molecule has 0 saturated heterocycles. The Morgan fingerprint density at radius 3 is 2.43 bits per heavy atom. The molecule has 1 heterocycles. The van der Waals surface area contributed by atoms with E-state index in [2.05, 4.69) is 38.1 Å². The van der Waals surface area contributed by atoms with Crippen LogP contribution in [0.5, 0.6) is 0 Å². The van der Waals surface area contributed by atoms with Crippen molar-refractivity contribution in [2.45, 2.75) is 71.6 Å². The third-order valence-corrected chi connectivity index (χ3v) is 4.56. The van der Waals surface area contributed by atoms with E-state index in [0.29, 0.717) is 0 Å². The first-order chi connectivity index (χ1) is 10.1. The molecule has 1 N–H and O–H groups in total. The molecule has 0 amide bonds. The Bertz CT molecular complexity index is 407. The van der Waals surface area contributed by atoms with E-state index in [4.69, 9.17) is 16.3 Å². The van der Waals surface area contributed by atoms with Crippen LogP contribution in [0.2, 0.25) is 5.02 Å². The lowest BCUT2D eigenvalue weighted by Crippen LogP contribution is -2.46. The number of nitrogens with one attached hydrogen (secondary N) is 1. The summed E-state index contributed by atoms with van der Waals surface area (Å²) < 4.78 is 7.97. The van der Waals surface area contributed by atoms with E-state index in [1.165, 1.54) is 0 Å². The van der Waals surface area contributed by atoms with Crippen LogP contribution in [-0.4, -0.2) is 29.0 Å². The second-order valence-electron chi connectivity index (χ2n) is 5.46. The maximum absolute atomic E-state index is 6.45. The summed E-state index contributed by atoms with van der Waals surface area (Å²) in [4.78, 5) is 0. The first-order valence-electron chi connectivity index (χ1n) is 8.09. The minimum atomic E-state index is -0.260. The quantitative estimate of drug-likeness (QED) is 0.703. The van der Waals surface area contributed by atoms with Crippen molar-refractivity contribution in [2.75, 3.05) is 13.7 Å². The molecule has 1 aromatic heterocycles. The van der Waals surface area contributed by atoms with Crippen LogP contribution < -0.4 is 5.32 Å². The molecule has 0 aromatic carbocycles. The first-order valence-corrected chi connectivity index (χ1v) is 8.47. The number of ether oxygens (including phenoxy) is 1. The van der Waals surface area contributed by atoms with Crippen LogP contribution in [0.25, 0.3) is 0 Å². The first kappa shape index (κ1) is 18.5. The average molecular weight is 316 g/mol. The van der Waals surface area contributed by atoms with Crippen molar-refractivity contribution in [2.24, 2.45) is 0 Å². The monoisotopic (exact) mass is 315 g/mol. The van der Waals surface area contributed by atoms with Gasteiger partial charge in [-0.05, 0) is 32.2 Å². The molecule has 0 aliphatic heterocycles. The van der Waals surface area contributed by atoms with E-state index in [9.17, 15) is 0 Å². The molecule has 1 atom stereocenters. The molecular weight excluding hydrogens is 286 g/mol. The molecule has 1 aromatic rings. The number of rotatable bonds is 10. The van der Waals surface area contributed by atoms with Gasteiger partial charge in [-0.25, -0.2) is 0 Å². The van der Waals surface area contributed by atoms with Gasteiger partial charge in [0.25, 0.3) is 0 Å². The second-order valence-corrected chi connectivity index (χ2v) is 5.87. The number of hydrogen-bond acceptors (Lipinski definition) is 3. The van der Waals surface area contributed by atoms with Crippen molar-refractivity contribution in [3.63, 3.8) is 0 Å². The van der Waals surface area contributed by atoms with Gasteiger partial charge in [0.1, 0.15) is 0 Å². The summed E-state index contributed by atoms with van der Waals surface area (Å²) in [5.74, 6) is 0. The molecule has 5 heteroatoms. The van der Waals surface area contributed by atoms with E-state index in [1.54, 1.807) is 13.3 Å². The fourth-order valence-electron chi connectivity index (χ4n) is 2.93. The lowest BCUT2D eigenvalue weighted by molar-refractivity contribution is -0.0506. The van der Waals surface area contributed by atoms with Gasteiger partial charge >= 0.3 is 0 Å². The molecular formula is C16H30ClN3O. The third kappa shape index (κ3) is 3.99. The Kier molecular flexibility index (Phi) is 7.71. The van der Waals surface area contributed by atoms with Crippen LogP contribution in [0.3, 0.4) is 0 Å². The van der Waals surface area contributed by atoms with Crippen molar-refractivity contribution in [3.8, 4) is 0 Å². The summed E-state index contributed by atoms with van der Waals surface area (Å²) in [5, 5.41) is 8.80. The van der Waals surface area contributed by atoms with Crippen LogP contribution >= 0.6 is 11.6 Å². The summed E-state index contributed by atoms with van der Waals surface area (Å²) in [6, 6.07) is 0.0546. The normalized spacial score (nSPS) is 13.6. The Morgan fingerprint density at radius 1 is 1.29 bits per heavy atom. The highest BCUT2D eigenvalue weighted by Gasteiger charge is 2.39. The van der Waals surface area contributed by atoms with Crippen molar-refractivity contribution in [1.29, 1.82) is 0 Å². The lowest BCUT2D eigenvalue weighted by Gasteiger charge is -2.39. The number of nitrogens with zero attached hydrogens (tertiary/aromatic N) is 2. The standard InChI is InChI=1S/C16H30ClN3O/c1-6-10-18-15(16(8-3,9-4)21-5)14-13(17)12-19-20(14)11-7-2/h12,15,18H,6-11H2,1-5H3. The molecule has 21 heavy (non-hydrogen) atoms. The summed E-state index contributed by atoms with van der Waals surface area (Å²) in [6.45, 7) is 10.5. The predicted molar refractivity (Wildman–Crippen MR) is 88.9 cm³/mol. The van der Waals surface area contributed by atoms with Crippen LogP contribution in [0.1, 0.15) is 65.1 Å². The maximum atomic E-state index is 6.45. The maximum Gasteiger partial charge on any atom is 0.0883 e. The van der Waals surface area contributed by atoms with Gasteiger partial charge in [-0.15, -0.1) is 0 Å².